The highest BCUT2D eigenvalue weighted by molar-refractivity contribution is 6.45. The van der Waals surface area contributed by atoms with Gasteiger partial charge in [-0.3, -0.25) is 14.4 Å². The summed E-state index contributed by atoms with van der Waals surface area (Å²) in [4.78, 5) is 38.3. The molecule has 0 atom stereocenters. The Morgan fingerprint density at radius 1 is 1.04 bits per heavy atom. The fraction of sp³-hybridized carbons (Fsp3) is 0.0952. The maximum Gasteiger partial charge on any atom is 0.293 e. The van der Waals surface area contributed by atoms with Crippen LogP contribution in [0, 0.1) is 11.8 Å². The van der Waals surface area contributed by atoms with Gasteiger partial charge >= 0.3 is 0 Å². The highest BCUT2D eigenvalue weighted by Gasteiger charge is 2.18. The molecule has 134 valence electrons. The number of hydrogen-bond donors (Lipinski definition) is 3. The molecule has 0 spiro atoms. The van der Waals surface area contributed by atoms with Gasteiger partial charge in [-0.25, -0.2) is 0 Å². The topological polar surface area (TPSA) is 91.1 Å². The first-order chi connectivity index (χ1) is 13.0. The number of fused-ring (bicyclic) bond motifs is 1. The van der Waals surface area contributed by atoms with Crippen molar-refractivity contribution in [2.45, 2.75) is 6.92 Å². The molecule has 0 aliphatic carbocycles. The molecule has 1 heterocycles. The zero-order valence-electron chi connectivity index (χ0n) is 14.6. The first-order valence-corrected chi connectivity index (χ1v) is 8.30. The van der Waals surface area contributed by atoms with E-state index in [4.69, 9.17) is 0 Å². The number of anilines is 1. The molecule has 1 aromatic heterocycles. The largest absolute Gasteiger partial charge is 0.360 e. The second-order valence-electron chi connectivity index (χ2n) is 5.82. The maximum absolute atomic E-state index is 12.3. The lowest BCUT2D eigenvalue weighted by Gasteiger charge is -2.01. The number of nitrogens with one attached hydrogen (secondary N) is 3. The van der Waals surface area contributed by atoms with Crippen LogP contribution >= 0.6 is 0 Å². The summed E-state index contributed by atoms with van der Waals surface area (Å²) >= 11 is 0. The number of carbonyl (C=O) groups is 3. The normalized spacial score (nSPS) is 9.96. The van der Waals surface area contributed by atoms with E-state index in [1.807, 2.05) is 18.2 Å². The third kappa shape index (κ3) is 4.41. The molecule has 3 aromatic rings. The number of para-hydroxylation sites is 1. The van der Waals surface area contributed by atoms with Gasteiger partial charge in [0.1, 0.15) is 0 Å². The minimum atomic E-state index is -0.699. The van der Waals surface area contributed by atoms with E-state index in [1.165, 1.54) is 13.1 Å². The molecular weight excluding hydrogens is 342 g/mol. The molecule has 27 heavy (non-hydrogen) atoms. The summed E-state index contributed by atoms with van der Waals surface area (Å²) in [5, 5.41) is 5.89. The lowest BCUT2D eigenvalue weighted by Crippen LogP contribution is -2.31. The van der Waals surface area contributed by atoms with Crippen LogP contribution in [0.2, 0.25) is 0 Å². The Morgan fingerprint density at radius 3 is 2.52 bits per heavy atom. The van der Waals surface area contributed by atoms with Crippen LogP contribution in [0.15, 0.2) is 54.7 Å². The first-order valence-electron chi connectivity index (χ1n) is 8.30. The molecule has 0 saturated carbocycles. The molecule has 0 aliphatic heterocycles. The molecule has 0 saturated heterocycles. The summed E-state index contributed by atoms with van der Waals surface area (Å²) in [6.07, 6.45) is 1.54. The van der Waals surface area contributed by atoms with Gasteiger partial charge in [-0.2, -0.15) is 0 Å². The van der Waals surface area contributed by atoms with E-state index in [1.54, 1.807) is 30.3 Å². The summed E-state index contributed by atoms with van der Waals surface area (Å²) < 4.78 is 0. The quantitative estimate of drug-likeness (QED) is 0.380. The van der Waals surface area contributed by atoms with Crippen molar-refractivity contribution in [2.75, 3.05) is 11.9 Å². The summed E-state index contributed by atoms with van der Waals surface area (Å²) in [5.41, 5.74) is 2.56. The number of carbonyl (C=O) groups excluding carboxylic acids is 3. The van der Waals surface area contributed by atoms with Gasteiger partial charge in [0.2, 0.25) is 5.91 Å². The van der Waals surface area contributed by atoms with Gasteiger partial charge in [-0.15, -0.1) is 0 Å². The fourth-order valence-electron chi connectivity index (χ4n) is 2.57. The third-order valence-electron chi connectivity index (χ3n) is 3.82. The van der Waals surface area contributed by atoms with Crippen molar-refractivity contribution < 1.29 is 14.4 Å². The predicted molar refractivity (Wildman–Crippen MR) is 103 cm³/mol. The molecule has 2 aromatic carbocycles. The fourth-order valence-corrected chi connectivity index (χ4v) is 2.57. The monoisotopic (exact) mass is 359 g/mol. The number of benzene rings is 2. The summed E-state index contributed by atoms with van der Waals surface area (Å²) in [5.74, 6) is 4.25. The number of H-pyrrole nitrogens is 1. The van der Waals surface area contributed by atoms with Crippen molar-refractivity contribution in [3.8, 4) is 11.8 Å². The number of Topliss-reactive ketones (excluding diaryl/α,β-unsaturated/α-hetero) is 1. The molecular formula is C21H17N3O3. The Kier molecular flexibility index (Phi) is 5.33. The summed E-state index contributed by atoms with van der Waals surface area (Å²) in [6, 6.07) is 14.3. The van der Waals surface area contributed by atoms with E-state index in [2.05, 4.69) is 27.5 Å². The molecule has 0 aliphatic rings. The lowest BCUT2D eigenvalue weighted by atomic mass is 10.1. The SMILES string of the molecule is CC(=O)Nc1ccc(C#CCNC(=O)C(=O)c2c[nH]c3ccccc23)cc1. The van der Waals surface area contributed by atoms with Gasteiger partial charge in [0.25, 0.3) is 11.7 Å². The number of rotatable bonds is 4. The van der Waals surface area contributed by atoms with E-state index >= 15 is 0 Å². The van der Waals surface area contributed by atoms with E-state index < -0.39 is 11.7 Å². The third-order valence-corrected chi connectivity index (χ3v) is 3.82. The van der Waals surface area contributed by atoms with Gasteiger partial charge in [-0.05, 0) is 30.3 Å². The zero-order chi connectivity index (χ0) is 19.2. The van der Waals surface area contributed by atoms with Crippen molar-refractivity contribution >= 4 is 34.2 Å². The van der Waals surface area contributed by atoms with E-state index in [-0.39, 0.29) is 12.5 Å². The molecule has 0 unspecified atom stereocenters. The minimum absolute atomic E-state index is 0.0559. The smallest absolute Gasteiger partial charge is 0.293 e. The highest BCUT2D eigenvalue weighted by atomic mass is 16.2. The minimum Gasteiger partial charge on any atom is -0.360 e. The number of amides is 2. The van der Waals surface area contributed by atoms with Crippen molar-refractivity contribution in [3.63, 3.8) is 0 Å². The molecule has 6 heteroatoms. The van der Waals surface area contributed by atoms with Crippen LogP contribution in [0.25, 0.3) is 10.9 Å². The molecule has 0 radical (unpaired) electrons. The number of hydrogen-bond acceptors (Lipinski definition) is 3. The zero-order valence-corrected chi connectivity index (χ0v) is 14.6. The summed E-state index contributed by atoms with van der Waals surface area (Å²) in [7, 11) is 0. The van der Waals surface area contributed by atoms with Crippen molar-refractivity contribution in [2.24, 2.45) is 0 Å². The Balaban J connectivity index is 1.57. The second kappa shape index (κ2) is 8.02. The van der Waals surface area contributed by atoms with Crippen LogP contribution in [-0.2, 0) is 9.59 Å². The van der Waals surface area contributed by atoms with Crippen LogP contribution in [-0.4, -0.2) is 29.1 Å². The molecule has 3 rings (SSSR count). The van der Waals surface area contributed by atoms with E-state index in [0.29, 0.717) is 16.6 Å². The number of aromatic amines is 1. The second-order valence-corrected chi connectivity index (χ2v) is 5.82. The van der Waals surface area contributed by atoms with Crippen molar-refractivity contribution in [3.05, 3.63) is 65.9 Å². The Labute approximate surface area is 156 Å². The van der Waals surface area contributed by atoms with Gasteiger partial charge < -0.3 is 15.6 Å². The standard InChI is InChI=1S/C21H17N3O3/c1-14(25)24-16-10-8-15(9-11-16)5-4-12-22-21(27)20(26)18-13-23-19-7-3-2-6-17(18)19/h2-3,6-11,13,23H,12H2,1H3,(H,22,27)(H,24,25). The number of aromatic nitrogens is 1. The average Bonchev–Trinajstić information content (AvgIpc) is 3.09. The Bertz CT molecular complexity index is 1070. The van der Waals surface area contributed by atoms with Crippen molar-refractivity contribution in [1.82, 2.24) is 10.3 Å². The van der Waals surface area contributed by atoms with Gasteiger partial charge in [0.05, 0.1) is 12.1 Å². The first kappa shape index (κ1) is 18.0. The maximum atomic E-state index is 12.3. The van der Waals surface area contributed by atoms with Crippen LogP contribution < -0.4 is 10.6 Å². The lowest BCUT2D eigenvalue weighted by molar-refractivity contribution is -0.116. The predicted octanol–water partition coefficient (Wildman–Crippen LogP) is 2.48. The Morgan fingerprint density at radius 2 is 1.78 bits per heavy atom. The van der Waals surface area contributed by atoms with Crippen LogP contribution in [0.1, 0.15) is 22.8 Å². The van der Waals surface area contributed by atoms with Crippen LogP contribution in [0.5, 0.6) is 0 Å². The molecule has 3 N–H and O–H groups in total. The molecule has 0 bridgehead atoms. The Hall–Kier alpha value is -3.85. The van der Waals surface area contributed by atoms with Gasteiger partial charge in [0, 0.05) is 35.3 Å². The van der Waals surface area contributed by atoms with Crippen LogP contribution in [0.4, 0.5) is 5.69 Å². The highest BCUT2D eigenvalue weighted by Crippen LogP contribution is 2.18. The number of ketones is 1. The van der Waals surface area contributed by atoms with Crippen LogP contribution in [0.3, 0.4) is 0 Å². The van der Waals surface area contributed by atoms with Gasteiger partial charge in [-0.1, -0.05) is 30.0 Å². The van der Waals surface area contributed by atoms with Crippen molar-refractivity contribution in [1.29, 1.82) is 0 Å². The van der Waals surface area contributed by atoms with Gasteiger partial charge in [0.15, 0.2) is 0 Å². The summed E-state index contributed by atoms with van der Waals surface area (Å²) in [6.45, 7) is 1.49. The average molecular weight is 359 g/mol. The van der Waals surface area contributed by atoms with E-state index in [9.17, 15) is 14.4 Å². The van der Waals surface area contributed by atoms with E-state index in [0.717, 1.165) is 11.1 Å². The molecule has 0 fully saturated rings. The molecule has 6 nitrogen and oxygen atoms in total. The molecule has 2 amide bonds.